The fourth-order valence-corrected chi connectivity index (χ4v) is 3.77. The minimum Gasteiger partial charge on any atom is -0.507 e. The zero-order valence-corrected chi connectivity index (χ0v) is 15.4. The highest BCUT2D eigenvalue weighted by Gasteiger charge is 2.34. The molecule has 1 aliphatic rings. The average Bonchev–Trinajstić information content (AvgIpc) is 2.63. The maximum absolute atomic E-state index is 13.0. The molecule has 26 heavy (non-hydrogen) atoms. The number of fused-ring (bicyclic) bond motifs is 2. The molecule has 4 nitrogen and oxygen atoms in total. The fourth-order valence-electron chi connectivity index (χ4n) is 3.18. The van der Waals surface area contributed by atoms with E-state index in [2.05, 4.69) is 21.2 Å². The third kappa shape index (κ3) is 2.52. The van der Waals surface area contributed by atoms with E-state index < -0.39 is 0 Å². The lowest BCUT2D eigenvalue weighted by atomic mass is 9.82. The van der Waals surface area contributed by atoms with Crippen molar-refractivity contribution in [1.29, 1.82) is 0 Å². The average molecular weight is 408 g/mol. The number of phenolic OH excluding ortho intramolecular Hbond substituents is 1. The minimum absolute atomic E-state index is 0.0435. The molecule has 0 unspecified atom stereocenters. The number of anilines is 2. The van der Waals surface area contributed by atoms with E-state index in [1.54, 1.807) is 30.3 Å². The molecule has 1 aliphatic carbocycles. The summed E-state index contributed by atoms with van der Waals surface area (Å²) < 4.78 is 0.842. The van der Waals surface area contributed by atoms with Crippen LogP contribution in [-0.2, 0) is 0 Å². The first kappa shape index (κ1) is 16.5. The summed E-state index contributed by atoms with van der Waals surface area (Å²) in [4.78, 5) is 25.9. The van der Waals surface area contributed by atoms with Crippen molar-refractivity contribution in [2.24, 2.45) is 0 Å². The summed E-state index contributed by atoms with van der Waals surface area (Å²) in [5.41, 5.74) is 3.24. The number of hydrogen-bond donors (Lipinski definition) is 2. The molecule has 0 bridgehead atoms. The second-order valence-electron chi connectivity index (χ2n) is 6.19. The summed E-state index contributed by atoms with van der Waals surface area (Å²) in [7, 11) is 0. The van der Waals surface area contributed by atoms with Crippen molar-refractivity contribution >= 4 is 38.9 Å². The van der Waals surface area contributed by atoms with Gasteiger partial charge in [0.1, 0.15) is 5.75 Å². The van der Waals surface area contributed by atoms with Crippen molar-refractivity contribution in [3.8, 4) is 5.75 Å². The Balaban J connectivity index is 1.89. The van der Waals surface area contributed by atoms with Crippen molar-refractivity contribution in [3.05, 3.63) is 86.9 Å². The Labute approximate surface area is 158 Å². The van der Waals surface area contributed by atoms with Gasteiger partial charge in [0.2, 0.25) is 0 Å². The van der Waals surface area contributed by atoms with E-state index in [1.807, 2.05) is 25.1 Å². The van der Waals surface area contributed by atoms with Crippen molar-refractivity contribution in [1.82, 2.24) is 0 Å². The zero-order valence-electron chi connectivity index (χ0n) is 13.8. The van der Waals surface area contributed by atoms with E-state index in [-0.39, 0.29) is 28.4 Å². The highest BCUT2D eigenvalue weighted by Crippen LogP contribution is 2.38. The molecule has 4 rings (SSSR count). The maximum atomic E-state index is 13.0. The number of nitrogens with one attached hydrogen (secondary N) is 1. The highest BCUT2D eigenvalue weighted by atomic mass is 79.9. The molecule has 0 radical (unpaired) electrons. The van der Waals surface area contributed by atoms with Crippen molar-refractivity contribution in [3.63, 3.8) is 0 Å². The summed E-state index contributed by atoms with van der Waals surface area (Å²) in [6.45, 7) is 1.98. The normalized spacial score (nSPS) is 12.5. The van der Waals surface area contributed by atoms with Crippen LogP contribution in [-0.4, -0.2) is 16.7 Å². The lowest BCUT2D eigenvalue weighted by Gasteiger charge is -2.22. The molecule has 0 aromatic heterocycles. The maximum Gasteiger partial charge on any atom is 0.198 e. The molecule has 2 N–H and O–H groups in total. The summed E-state index contributed by atoms with van der Waals surface area (Å²) in [6.07, 6.45) is 0. The van der Waals surface area contributed by atoms with Gasteiger partial charge < -0.3 is 10.4 Å². The molecular formula is C21H14BrNO3. The number of phenols is 1. The lowest BCUT2D eigenvalue weighted by Crippen LogP contribution is -2.22. The van der Waals surface area contributed by atoms with E-state index >= 15 is 0 Å². The van der Waals surface area contributed by atoms with Gasteiger partial charge in [0.25, 0.3) is 0 Å². The molecule has 0 saturated carbocycles. The molecule has 5 heteroatoms. The number of carbonyl (C=O) groups is 2. The van der Waals surface area contributed by atoms with Gasteiger partial charge in [0, 0.05) is 15.6 Å². The fraction of sp³-hybridized carbons (Fsp3) is 0.0476. The van der Waals surface area contributed by atoms with E-state index in [4.69, 9.17) is 0 Å². The van der Waals surface area contributed by atoms with Crippen LogP contribution in [0.2, 0.25) is 0 Å². The Morgan fingerprint density at radius 1 is 0.846 bits per heavy atom. The number of hydrogen-bond acceptors (Lipinski definition) is 4. The molecule has 0 saturated heterocycles. The molecule has 0 aliphatic heterocycles. The van der Waals surface area contributed by atoms with Gasteiger partial charge in [0.05, 0.1) is 22.5 Å². The lowest BCUT2D eigenvalue weighted by molar-refractivity contribution is 0.0977. The highest BCUT2D eigenvalue weighted by molar-refractivity contribution is 9.10. The Morgan fingerprint density at radius 2 is 1.46 bits per heavy atom. The molecule has 0 fully saturated rings. The molecular weight excluding hydrogens is 394 g/mol. The Bertz CT molecular complexity index is 1090. The van der Waals surface area contributed by atoms with E-state index in [9.17, 15) is 14.7 Å². The first-order valence-electron chi connectivity index (χ1n) is 8.05. The van der Waals surface area contributed by atoms with Crippen LogP contribution in [0.3, 0.4) is 0 Å². The largest absolute Gasteiger partial charge is 0.507 e. The molecule has 3 aromatic carbocycles. The standard InChI is InChI=1S/C21H14BrNO3/c1-11-6-7-15(14(22)10-11)23-16-8-9-17(24)19-18(16)20(25)12-4-2-3-5-13(12)21(19)26/h2-10,23-24H,1H3. The van der Waals surface area contributed by atoms with Gasteiger partial charge in [-0.1, -0.05) is 30.3 Å². The van der Waals surface area contributed by atoms with Crippen LogP contribution in [0.1, 0.15) is 37.4 Å². The summed E-state index contributed by atoms with van der Waals surface area (Å²) in [5, 5.41) is 13.4. The molecule has 0 heterocycles. The third-order valence-electron chi connectivity index (χ3n) is 4.45. The first-order chi connectivity index (χ1) is 12.5. The number of ketones is 2. The van der Waals surface area contributed by atoms with Gasteiger partial charge in [-0.15, -0.1) is 0 Å². The minimum atomic E-state index is -0.348. The van der Waals surface area contributed by atoms with Crippen LogP contribution in [0.5, 0.6) is 5.75 Å². The van der Waals surface area contributed by atoms with Gasteiger partial charge in [0.15, 0.2) is 11.6 Å². The van der Waals surface area contributed by atoms with Gasteiger partial charge in [-0.25, -0.2) is 0 Å². The van der Waals surface area contributed by atoms with Crippen molar-refractivity contribution in [2.45, 2.75) is 6.92 Å². The Hall–Kier alpha value is -2.92. The summed E-state index contributed by atoms with van der Waals surface area (Å²) in [5.74, 6) is -0.822. The van der Waals surface area contributed by atoms with Gasteiger partial charge in [-0.3, -0.25) is 9.59 Å². The van der Waals surface area contributed by atoms with Crippen molar-refractivity contribution in [2.75, 3.05) is 5.32 Å². The molecule has 3 aromatic rings. The van der Waals surface area contributed by atoms with Gasteiger partial charge in [-0.05, 0) is 52.7 Å². The monoisotopic (exact) mass is 407 g/mol. The Kier molecular flexibility index (Phi) is 3.89. The van der Waals surface area contributed by atoms with E-state index in [0.29, 0.717) is 16.8 Å². The van der Waals surface area contributed by atoms with Crippen LogP contribution in [0, 0.1) is 6.92 Å². The number of benzene rings is 3. The smallest absolute Gasteiger partial charge is 0.198 e. The van der Waals surface area contributed by atoms with Crippen molar-refractivity contribution < 1.29 is 14.7 Å². The molecule has 0 atom stereocenters. The number of aromatic hydroxyl groups is 1. The molecule has 0 amide bonds. The third-order valence-corrected chi connectivity index (χ3v) is 5.10. The topological polar surface area (TPSA) is 66.4 Å². The number of halogens is 1. The van der Waals surface area contributed by atoms with Crippen LogP contribution in [0.25, 0.3) is 0 Å². The number of carbonyl (C=O) groups excluding carboxylic acids is 2. The SMILES string of the molecule is Cc1ccc(Nc2ccc(O)c3c2C(=O)c2ccccc2C3=O)c(Br)c1. The Morgan fingerprint density at radius 3 is 2.12 bits per heavy atom. The molecule has 128 valence electrons. The predicted octanol–water partition coefficient (Wildman–Crippen LogP) is 4.98. The zero-order chi connectivity index (χ0) is 18.4. The number of aryl methyl sites for hydroxylation is 1. The summed E-state index contributed by atoms with van der Waals surface area (Å²) >= 11 is 3.50. The van der Waals surface area contributed by atoms with Gasteiger partial charge >= 0.3 is 0 Å². The molecule has 0 spiro atoms. The van der Waals surface area contributed by atoms with Crippen LogP contribution >= 0.6 is 15.9 Å². The quantitative estimate of drug-likeness (QED) is 0.459. The second kappa shape index (κ2) is 6.11. The second-order valence-corrected chi connectivity index (χ2v) is 7.05. The van der Waals surface area contributed by atoms with Crippen LogP contribution in [0.15, 0.2) is 59.1 Å². The number of rotatable bonds is 2. The van der Waals surface area contributed by atoms with Crippen LogP contribution < -0.4 is 5.32 Å². The van der Waals surface area contributed by atoms with E-state index in [0.717, 1.165) is 15.7 Å². The first-order valence-corrected chi connectivity index (χ1v) is 8.84. The summed E-state index contributed by atoms with van der Waals surface area (Å²) in [6, 6.07) is 15.5. The van der Waals surface area contributed by atoms with E-state index in [1.165, 1.54) is 6.07 Å². The van der Waals surface area contributed by atoms with Gasteiger partial charge in [-0.2, -0.15) is 0 Å². The van der Waals surface area contributed by atoms with Crippen LogP contribution in [0.4, 0.5) is 11.4 Å². The predicted molar refractivity (Wildman–Crippen MR) is 104 cm³/mol.